The Hall–Kier alpha value is -1.42. The lowest BCUT2D eigenvalue weighted by molar-refractivity contribution is 0.287. The summed E-state index contributed by atoms with van der Waals surface area (Å²) in [5, 5.41) is 8.88. The molecule has 1 N–H and O–H groups in total. The van der Waals surface area contributed by atoms with Crippen LogP contribution < -0.4 is 14.4 Å². The van der Waals surface area contributed by atoms with Crippen LogP contribution in [0.1, 0.15) is 12.0 Å². The van der Waals surface area contributed by atoms with E-state index >= 15 is 0 Å². The van der Waals surface area contributed by atoms with Gasteiger partial charge in [-0.15, -0.1) is 0 Å². The molecule has 0 radical (unpaired) electrons. The molecule has 0 amide bonds. The van der Waals surface area contributed by atoms with Gasteiger partial charge in [0.25, 0.3) is 0 Å². The van der Waals surface area contributed by atoms with Gasteiger partial charge in [-0.2, -0.15) is 0 Å². The summed E-state index contributed by atoms with van der Waals surface area (Å²) in [7, 11) is 7.24. The molecule has 4 heteroatoms. The zero-order valence-electron chi connectivity index (χ0n) is 11.0. The second kappa shape index (κ2) is 6.35. The summed E-state index contributed by atoms with van der Waals surface area (Å²) in [6.07, 6.45) is 1.50. The van der Waals surface area contributed by atoms with Crippen molar-refractivity contribution in [2.24, 2.45) is 0 Å². The molecule has 96 valence electrons. The maximum absolute atomic E-state index is 8.88. The molecule has 0 saturated heterocycles. The highest BCUT2D eigenvalue weighted by Crippen LogP contribution is 2.34. The smallest absolute Gasteiger partial charge is 0.142 e. The quantitative estimate of drug-likeness (QED) is 0.820. The number of hydrogen-bond donors (Lipinski definition) is 1. The minimum absolute atomic E-state index is 0.181. The second-order valence-electron chi connectivity index (χ2n) is 4.06. The molecule has 17 heavy (non-hydrogen) atoms. The van der Waals surface area contributed by atoms with E-state index in [2.05, 4.69) is 0 Å². The third-order valence-corrected chi connectivity index (χ3v) is 2.67. The monoisotopic (exact) mass is 239 g/mol. The molecular weight excluding hydrogens is 218 g/mol. The Bertz CT molecular complexity index is 364. The number of aliphatic hydroxyl groups excluding tert-OH is 1. The standard InChI is InChI=1S/C13H21NO3/c1-14(2)11-9-12(16-3)10(6-5-7-15)8-13(11)17-4/h8-9,15H,5-7H2,1-4H3. The van der Waals surface area contributed by atoms with E-state index in [1.54, 1.807) is 14.2 Å². The number of ether oxygens (including phenoxy) is 2. The second-order valence-corrected chi connectivity index (χ2v) is 4.06. The highest BCUT2D eigenvalue weighted by Gasteiger charge is 2.12. The fraction of sp³-hybridized carbons (Fsp3) is 0.538. The number of rotatable bonds is 6. The minimum atomic E-state index is 0.181. The van der Waals surface area contributed by atoms with Crippen LogP contribution in [0.15, 0.2) is 12.1 Å². The maximum Gasteiger partial charge on any atom is 0.142 e. The zero-order chi connectivity index (χ0) is 12.8. The van der Waals surface area contributed by atoms with Crippen LogP contribution in [0, 0.1) is 0 Å². The van der Waals surface area contributed by atoms with Gasteiger partial charge in [-0.3, -0.25) is 0 Å². The molecule has 0 spiro atoms. The van der Waals surface area contributed by atoms with Gasteiger partial charge in [0.05, 0.1) is 19.9 Å². The van der Waals surface area contributed by atoms with Gasteiger partial charge in [0.2, 0.25) is 0 Å². The Morgan fingerprint density at radius 2 is 1.76 bits per heavy atom. The maximum atomic E-state index is 8.88. The van der Waals surface area contributed by atoms with E-state index in [9.17, 15) is 0 Å². The first kappa shape index (κ1) is 13.6. The number of methoxy groups -OCH3 is 2. The van der Waals surface area contributed by atoms with Gasteiger partial charge >= 0.3 is 0 Å². The molecule has 1 aromatic rings. The first-order valence-electron chi connectivity index (χ1n) is 5.67. The van der Waals surface area contributed by atoms with Crippen LogP contribution in [0.4, 0.5) is 5.69 Å². The van der Waals surface area contributed by atoms with Crippen molar-refractivity contribution in [1.29, 1.82) is 0 Å². The van der Waals surface area contributed by atoms with Crippen LogP contribution in [0.5, 0.6) is 11.5 Å². The van der Waals surface area contributed by atoms with Gasteiger partial charge in [-0.05, 0) is 24.5 Å². The van der Waals surface area contributed by atoms with Crippen molar-refractivity contribution in [2.75, 3.05) is 39.8 Å². The van der Waals surface area contributed by atoms with Gasteiger partial charge in [0, 0.05) is 26.8 Å². The summed E-state index contributed by atoms with van der Waals surface area (Å²) in [5.74, 6) is 1.66. The molecule has 1 rings (SSSR count). The Balaban J connectivity index is 3.13. The van der Waals surface area contributed by atoms with Crippen LogP contribution in [0.2, 0.25) is 0 Å². The highest BCUT2D eigenvalue weighted by molar-refractivity contribution is 5.63. The summed E-state index contributed by atoms with van der Waals surface area (Å²) in [5.41, 5.74) is 2.04. The number of nitrogens with zero attached hydrogens (tertiary/aromatic N) is 1. The predicted octanol–water partition coefficient (Wildman–Crippen LogP) is 1.69. The summed E-state index contributed by atoms with van der Waals surface area (Å²) in [4.78, 5) is 1.98. The Kier molecular flexibility index (Phi) is 5.10. The number of anilines is 1. The molecule has 0 fully saturated rings. The SMILES string of the molecule is COc1cc(N(C)C)c(OC)cc1CCCO. The molecule has 0 heterocycles. The van der Waals surface area contributed by atoms with Crippen LogP contribution in [0.25, 0.3) is 0 Å². The molecule has 0 bridgehead atoms. The van der Waals surface area contributed by atoms with Crippen molar-refractivity contribution >= 4 is 5.69 Å². The first-order valence-corrected chi connectivity index (χ1v) is 5.67. The number of benzene rings is 1. The molecule has 0 aromatic heterocycles. The number of aliphatic hydroxyl groups is 1. The van der Waals surface area contributed by atoms with E-state index in [4.69, 9.17) is 14.6 Å². The molecule has 4 nitrogen and oxygen atoms in total. The van der Waals surface area contributed by atoms with E-state index in [1.165, 1.54) is 0 Å². The summed E-state index contributed by atoms with van der Waals surface area (Å²) < 4.78 is 10.7. The molecule has 0 atom stereocenters. The summed E-state index contributed by atoms with van der Waals surface area (Å²) >= 11 is 0. The third kappa shape index (κ3) is 3.27. The van der Waals surface area contributed by atoms with Gasteiger partial charge in [0.1, 0.15) is 11.5 Å². The largest absolute Gasteiger partial charge is 0.496 e. The van der Waals surface area contributed by atoms with Crippen molar-refractivity contribution in [2.45, 2.75) is 12.8 Å². The highest BCUT2D eigenvalue weighted by atomic mass is 16.5. The summed E-state index contributed by atoms with van der Waals surface area (Å²) in [6, 6.07) is 3.94. The molecule has 0 saturated carbocycles. The van der Waals surface area contributed by atoms with E-state index in [0.717, 1.165) is 35.6 Å². The average molecular weight is 239 g/mol. The van der Waals surface area contributed by atoms with Crippen molar-refractivity contribution in [3.8, 4) is 11.5 Å². The Morgan fingerprint density at radius 1 is 1.12 bits per heavy atom. The lowest BCUT2D eigenvalue weighted by Gasteiger charge is -2.19. The van der Waals surface area contributed by atoms with Crippen molar-refractivity contribution in [1.82, 2.24) is 0 Å². The van der Waals surface area contributed by atoms with Crippen molar-refractivity contribution in [3.63, 3.8) is 0 Å². The molecule has 0 aliphatic rings. The van der Waals surface area contributed by atoms with Gasteiger partial charge in [-0.25, -0.2) is 0 Å². The lowest BCUT2D eigenvalue weighted by atomic mass is 10.1. The molecule has 0 unspecified atom stereocenters. The zero-order valence-corrected chi connectivity index (χ0v) is 11.0. The lowest BCUT2D eigenvalue weighted by Crippen LogP contribution is -2.11. The fourth-order valence-corrected chi connectivity index (χ4v) is 1.76. The van der Waals surface area contributed by atoms with Crippen LogP contribution in [0.3, 0.4) is 0 Å². The van der Waals surface area contributed by atoms with Gasteiger partial charge < -0.3 is 19.5 Å². The molecule has 0 aliphatic carbocycles. The predicted molar refractivity (Wildman–Crippen MR) is 69.3 cm³/mol. The topological polar surface area (TPSA) is 41.9 Å². The van der Waals surface area contributed by atoms with Crippen LogP contribution in [-0.2, 0) is 6.42 Å². The molecule has 1 aromatic carbocycles. The first-order chi connectivity index (χ1) is 8.13. The number of hydrogen-bond acceptors (Lipinski definition) is 4. The van der Waals surface area contributed by atoms with E-state index in [0.29, 0.717) is 0 Å². The van der Waals surface area contributed by atoms with Gasteiger partial charge in [0.15, 0.2) is 0 Å². The van der Waals surface area contributed by atoms with E-state index < -0.39 is 0 Å². The van der Waals surface area contributed by atoms with Crippen LogP contribution in [-0.4, -0.2) is 40.0 Å². The molecule has 0 aliphatic heterocycles. The normalized spacial score (nSPS) is 10.2. The van der Waals surface area contributed by atoms with Gasteiger partial charge in [-0.1, -0.05) is 0 Å². The Labute approximate surface area is 103 Å². The third-order valence-electron chi connectivity index (χ3n) is 2.67. The summed E-state index contributed by atoms with van der Waals surface area (Å²) in [6.45, 7) is 0.181. The molecular formula is C13H21NO3. The van der Waals surface area contributed by atoms with Crippen LogP contribution >= 0.6 is 0 Å². The fourth-order valence-electron chi connectivity index (χ4n) is 1.76. The number of aryl methyl sites for hydroxylation is 1. The van der Waals surface area contributed by atoms with Crippen molar-refractivity contribution < 1.29 is 14.6 Å². The van der Waals surface area contributed by atoms with E-state index in [1.807, 2.05) is 31.1 Å². The van der Waals surface area contributed by atoms with E-state index in [-0.39, 0.29) is 6.61 Å². The van der Waals surface area contributed by atoms with Crippen molar-refractivity contribution in [3.05, 3.63) is 17.7 Å². The Morgan fingerprint density at radius 3 is 2.24 bits per heavy atom. The minimum Gasteiger partial charge on any atom is -0.496 e. The average Bonchev–Trinajstić information content (AvgIpc) is 2.34.